The minimum absolute atomic E-state index is 0.438. The van der Waals surface area contributed by atoms with Crippen molar-refractivity contribution in [1.29, 1.82) is 0 Å². The highest BCUT2D eigenvalue weighted by molar-refractivity contribution is 4.89. The highest BCUT2D eigenvalue weighted by atomic mass is 15.3. The van der Waals surface area contributed by atoms with Crippen molar-refractivity contribution in [1.82, 2.24) is 9.80 Å². The fourth-order valence-corrected chi connectivity index (χ4v) is 3.47. The lowest BCUT2D eigenvalue weighted by atomic mass is 9.73. The smallest absolute Gasteiger partial charge is 0.0192 e. The number of hydrogen-bond donors (Lipinski definition) is 1. The van der Waals surface area contributed by atoms with Crippen LogP contribution in [0.2, 0.25) is 0 Å². The molecule has 1 saturated heterocycles. The van der Waals surface area contributed by atoms with E-state index in [-0.39, 0.29) is 0 Å². The molecule has 1 unspecified atom stereocenters. The minimum Gasteiger partial charge on any atom is -0.330 e. The maximum Gasteiger partial charge on any atom is 0.0192 e. The van der Waals surface area contributed by atoms with Gasteiger partial charge in [-0.25, -0.2) is 0 Å². The monoisotopic (exact) mass is 239 g/mol. The first-order chi connectivity index (χ1) is 8.15. The molecule has 17 heavy (non-hydrogen) atoms. The Balaban J connectivity index is 1.90. The summed E-state index contributed by atoms with van der Waals surface area (Å²) in [7, 11) is 2.24. The molecule has 0 aromatic carbocycles. The molecule has 0 aromatic heterocycles. The zero-order valence-electron chi connectivity index (χ0n) is 11.6. The predicted molar refractivity (Wildman–Crippen MR) is 73.1 cm³/mol. The molecule has 100 valence electrons. The van der Waals surface area contributed by atoms with Crippen molar-refractivity contribution in [3.63, 3.8) is 0 Å². The highest BCUT2D eigenvalue weighted by Gasteiger charge is 2.34. The van der Waals surface area contributed by atoms with E-state index in [2.05, 4.69) is 23.8 Å². The van der Waals surface area contributed by atoms with Gasteiger partial charge in [-0.3, -0.25) is 4.90 Å². The van der Waals surface area contributed by atoms with Gasteiger partial charge in [0.2, 0.25) is 0 Å². The summed E-state index contributed by atoms with van der Waals surface area (Å²) in [6.07, 6.45) is 6.90. The number of likely N-dealkylation sites (N-methyl/N-ethyl adjacent to an activating group) is 1. The van der Waals surface area contributed by atoms with Gasteiger partial charge in [0.25, 0.3) is 0 Å². The van der Waals surface area contributed by atoms with E-state index in [0.717, 1.165) is 6.54 Å². The Labute approximate surface area is 106 Å². The zero-order valence-corrected chi connectivity index (χ0v) is 11.6. The SMILES string of the molecule is CC1CN(CC2(CN)CCCCC2)CCN1C. The molecule has 1 aliphatic carbocycles. The minimum atomic E-state index is 0.438. The molecule has 2 fully saturated rings. The van der Waals surface area contributed by atoms with E-state index in [0.29, 0.717) is 11.5 Å². The normalized spacial score (nSPS) is 31.6. The fourth-order valence-electron chi connectivity index (χ4n) is 3.47. The molecule has 2 aliphatic rings. The maximum atomic E-state index is 6.08. The van der Waals surface area contributed by atoms with E-state index in [1.807, 2.05) is 0 Å². The fraction of sp³-hybridized carbons (Fsp3) is 1.00. The van der Waals surface area contributed by atoms with E-state index in [1.165, 1.54) is 58.3 Å². The van der Waals surface area contributed by atoms with Crippen LogP contribution >= 0.6 is 0 Å². The van der Waals surface area contributed by atoms with E-state index in [1.54, 1.807) is 0 Å². The Kier molecular flexibility index (Phi) is 4.45. The van der Waals surface area contributed by atoms with E-state index in [9.17, 15) is 0 Å². The summed E-state index contributed by atoms with van der Waals surface area (Å²) in [5.41, 5.74) is 6.52. The Bertz CT molecular complexity index is 236. The van der Waals surface area contributed by atoms with Crippen LogP contribution in [0.15, 0.2) is 0 Å². The molecule has 2 rings (SSSR count). The van der Waals surface area contributed by atoms with E-state index in [4.69, 9.17) is 5.73 Å². The number of rotatable bonds is 3. The third-order valence-electron chi connectivity index (χ3n) is 4.95. The topological polar surface area (TPSA) is 32.5 Å². The molecular formula is C14H29N3. The van der Waals surface area contributed by atoms with Gasteiger partial charge < -0.3 is 10.6 Å². The lowest BCUT2D eigenvalue weighted by Crippen LogP contribution is -2.54. The van der Waals surface area contributed by atoms with Crippen molar-refractivity contribution in [2.75, 3.05) is 39.8 Å². The van der Waals surface area contributed by atoms with Crippen LogP contribution in [-0.4, -0.2) is 55.6 Å². The number of hydrogen-bond acceptors (Lipinski definition) is 3. The molecule has 2 N–H and O–H groups in total. The highest BCUT2D eigenvalue weighted by Crippen LogP contribution is 2.36. The van der Waals surface area contributed by atoms with Crippen molar-refractivity contribution in [3.05, 3.63) is 0 Å². The number of nitrogens with two attached hydrogens (primary N) is 1. The molecule has 1 heterocycles. The Morgan fingerprint density at radius 3 is 2.47 bits per heavy atom. The van der Waals surface area contributed by atoms with Crippen LogP contribution in [0.4, 0.5) is 0 Å². The predicted octanol–water partition coefficient (Wildman–Crippen LogP) is 1.53. The first-order valence-corrected chi connectivity index (χ1v) is 7.28. The molecule has 3 heteroatoms. The summed E-state index contributed by atoms with van der Waals surface area (Å²) in [6, 6.07) is 0.696. The van der Waals surface area contributed by atoms with Crippen LogP contribution < -0.4 is 5.73 Å². The average molecular weight is 239 g/mol. The summed E-state index contributed by atoms with van der Waals surface area (Å²) in [5.74, 6) is 0. The molecule has 3 nitrogen and oxygen atoms in total. The van der Waals surface area contributed by atoms with Crippen LogP contribution in [0.3, 0.4) is 0 Å². The van der Waals surface area contributed by atoms with Crippen LogP contribution in [0.25, 0.3) is 0 Å². The second-order valence-corrected chi connectivity index (χ2v) is 6.33. The molecule has 0 aromatic rings. The molecular weight excluding hydrogens is 210 g/mol. The first kappa shape index (κ1) is 13.3. The Morgan fingerprint density at radius 1 is 1.18 bits per heavy atom. The lowest BCUT2D eigenvalue weighted by Gasteiger charge is -2.44. The van der Waals surface area contributed by atoms with Gasteiger partial charge in [0.15, 0.2) is 0 Å². The molecule has 0 amide bonds. The third kappa shape index (κ3) is 3.21. The van der Waals surface area contributed by atoms with Gasteiger partial charge in [-0.05, 0) is 38.8 Å². The standard InChI is InChI=1S/C14H29N3/c1-13-10-17(9-8-16(13)2)12-14(11-15)6-4-3-5-7-14/h13H,3-12,15H2,1-2H3. The Hall–Kier alpha value is -0.120. The molecule has 0 spiro atoms. The maximum absolute atomic E-state index is 6.08. The van der Waals surface area contributed by atoms with Crippen molar-refractivity contribution < 1.29 is 0 Å². The summed E-state index contributed by atoms with van der Waals surface area (Å²) in [4.78, 5) is 5.12. The van der Waals surface area contributed by atoms with Gasteiger partial charge in [-0.1, -0.05) is 19.3 Å². The third-order valence-corrected chi connectivity index (χ3v) is 4.95. The summed E-state index contributed by atoms with van der Waals surface area (Å²) >= 11 is 0. The van der Waals surface area contributed by atoms with E-state index < -0.39 is 0 Å². The van der Waals surface area contributed by atoms with Gasteiger partial charge in [0.1, 0.15) is 0 Å². The van der Waals surface area contributed by atoms with Gasteiger partial charge >= 0.3 is 0 Å². The van der Waals surface area contributed by atoms with Crippen molar-refractivity contribution >= 4 is 0 Å². The van der Waals surface area contributed by atoms with Crippen LogP contribution in [-0.2, 0) is 0 Å². The average Bonchev–Trinajstić information content (AvgIpc) is 2.35. The van der Waals surface area contributed by atoms with Crippen LogP contribution in [0, 0.1) is 5.41 Å². The van der Waals surface area contributed by atoms with Gasteiger partial charge in [-0.15, -0.1) is 0 Å². The second-order valence-electron chi connectivity index (χ2n) is 6.33. The number of nitrogens with zero attached hydrogens (tertiary/aromatic N) is 2. The quantitative estimate of drug-likeness (QED) is 0.811. The lowest BCUT2D eigenvalue weighted by molar-refractivity contribution is 0.0508. The van der Waals surface area contributed by atoms with Crippen LogP contribution in [0.1, 0.15) is 39.0 Å². The van der Waals surface area contributed by atoms with Gasteiger partial charge in [0.05, 0.1) is 0 Å². The van der Waals surface area contributed by atoms with Gasteiger partial charge in [-0.2, -0.15) is 0 Å². The van der Waals surface area contributed by atoms with Crippen molar-refractivity contribution in [2.45, 2.75) is 45.1 Å². The molecule has 0 radical (unpaired) electrons. The molecule has 1 atom stereocenters. The number of piperazine rings is 1. The van der Waals surface area contributed by atoms with Gasteiger partial charge in [0, 0.05) is 32.2 Å². The van der Waals surface area contributed by atoms with Crippen molar-refractivity contribution in [3.8, 4) is 0 Å². The largest absolute Gasteiger partial charge is 0.330 e. The molecule has 1 aliphatic heterocycles. The second kappa shape index (κ2) is 5.68. The summed E-state index contributed by atoms with van der Waals surface area (Å²) < 4.78 is 0. The first-order valence-electron chi connectivity index (χ1n) is 7.28. The summed E-state index contributed by atoms with van der Waals surface area (Å²) in [5, 5.41) is 0. The molecule has 0 bridgehead atoms. The Morgan fingerprint density at radius 2 is 1.88 bits per heavy atom. The zero-order chi connectivity index (χ0) is 12.3. The van der Waals surface area contributed by atoms with E-state index >= 15 is 0 Å². The summed E-state index contributed by atoms with van der Waals surface area (Å²) in [6.45, 7) is 8.11. The molecule has 1 saturated carbocycles. The van der Waals surface area contributed by atoms with Crippen LogP contribution in [0.5, 0.6) is 0 Å². The van der Waals surface area contributed by atoms with Crippen molar-refractivity contribution in [2.24, 2.45) is 11.1 Å².